The number of hydrogen-bond donors (Lipinski definition) is 1. The molecular formula is C14H21NO3S. The Morgan fingerprint density at radius 1 is 1.37 bits per heavy atom. The van der Waals surface area contributed by atoms with Crippen LogP contribution in [0.1, 0.15) is 30.6 Å². The molecule has 0 atom stereocenters. The van der Waals surface area contributed by atoms with Crippen LogP contribution < -0.4 is 10.5 Å². The molecule has 5 heteroatoms. The van der Waals surface area contributed by atoms with Crippen LogP contribution in [0.5, 0.6) is 5.75 Å². The lowest BCUT2D eigenvalue weighted by Gasteiger charge is -2.11. The van der Waals surface area contributed by atoms with Gasteiger partial charge in [-0.2, -0.15) is 11.8 Å². The zero-order valence-electron chi connectivity index (χ0n) is 11.5. The molecule has 0 saturated heterocycles. The van der Waals surface area contributed by atoms with Crippen LogP contribution in [0.4, 0.5) is 5.69 Å². The summed E-state index contributed by atoms with van der Waals surface area (Å²) in [4.78, 5) is 11.8. The maximum absolute atomic E-state index is 11.8. The second-order valence-corrected chi connectivity index (χ2v) is 5.27. The number of esters is 1. The highest BCUT2D eigenvalue weighted by molar-refractivity contribution is 7.99. The molecule has 0 aliphatic carbocycles. The van der Waals surface area contributed by atoms with E-state index in [-0.39, 0.29) is 5.97 Å². The highest BCUT2D eigenvalue weighted by Crippen LogP contribution is 2.23. The molecule has 0 unspecified atom stereocenters. The molecule has 1 aromatic carbocycles. The standard InChI is InChI=1S/C14H21NO3S/c1-3-17-14(16)12-7-6-11(15)10-13(12)18-8-5-9-19-4-2/h6-7,10H,3-5,8-9,15H2,1-2H3. The molecular weight excluding hydrogens is 262 g/mol. The molecule has 4 nitrogen and oxygen atoms in total. The molecule has 0 heterocycles. The second kappa shape index (κ2) is 8.69. The van der Waals surface area contributed by atoms with Crippen molar-refractivity contribution < 1.29 is 14.3 Å². The van der Waals surface area contributed by atoms with Crippen LogP contribution in [0.25, 0.3) is 0 Å². The zero-order valence-corrected chi connectivity index (χ0v) is 12.3. The lowest BCUT2D eigenvalue weighted by Crippen LogP contribution is -2.09. The van der Waals surface area contributed by atoms with Gasteiger partial charge < -0.3 is 15.2 Å². The van der Waals surface area contributed by atoms with E-state index in [0.29, 0.717) is 30.2 Å². The summed E-state index contributed by atoms with van der Waals surface area (Å²) in [6.45, 7) is 4.82. The van der Waals surface area contributed by atoms with Crippen molar-refractivity contribution >= 4 is 23.4 Å². The lowest BCUT2D eigenvalue weighted by atomic mass is 10.2. The molecule has 0 saturated carbocycles. The number of thioether (sulfide) groups is 1. The van der Waals surface area contributed by atoms with Gasteiger partial charge in [-0.3, -0.25) is 0 Å². The first-order valence-electron chi connectivity index (χ1n) is 6.46. The van der Waals surface area contributed by atoms with Crippen LogP contribution in [-0.4, -0.2) is 30.7 Å². The minimum Gasteiger partial charge on any atom is -0.493 e. The fourth-order valence-electron chi connectivity index (χ4n) is 1.52. The van der Waals surface area contributed by atoms with E-state index in [9.17, 15) is 4.79 Å². The van der Waals surface area contributed by atoms with Crippen molar-refractivity contribution in [1.82, 2.24) is 0 Å². The average molecular weight is 283 g/mol. The fourth-order valence-corrected chi connectivity index (χ4v) is 2.13. The summed E-state index contributed by atoms with van der Waals surface area (Å²) in [5.74, 6) is 2.28. The van der Waals surface area contributed by atoms with E-state index < -0.39 is 0 Å². The van der Waals surface area contributed by atoms with E-state index >= 15 is 0 Å². The summed E-state index contributed by atoms with van der Waals surface area (Å²) in [7, 11) is 0. The minimum atomic E-state index is -0.375. The Bertz CT molecular complexity index is 410. The van der Waals surface area contributed by atoms with E-state index in [1.165, 1.54) is 0 Å². The number of carbonyl (C=O) groups is 1. The van der Waals surface area contributed by atoms with Gasteiger partial charge in [0.1, 0.15) is 11.3 Å². The lowest BCUT2D eigenvalue weighted by molar-refractivity contribution is 0.0522. The molecule has 1 aromatic rings. The number of benzene rings is 1. The van der Waals surface area contributed by atoms with E-state index in [4.69, 9.17) is 15.2 Å². The van der Waals surface area contributed by atoms with E-state index in [1.54, 1.807) is 25.1 Å². The van der Waals surface area contributed by atoms with Crippen LogP contribution >= 0.6 is 11.8 Å². The normalized spacial score (nSPS) is 10.2. The molecule has 0 amide bonds. The third-order valence-corrected chi connectivity index (χ3v) is 3.38. The van der Waals surface area contributed by atoms with Crippen molar-refractivity contribution in [2.24, 2.45) is 0 Å². The monoisotopic (exact) mass is 283 g/mol. The molecule has 1 rings (SSSR count). The molecule has 106 valence electrons. The Hall–Kier alpha value is -1.36. The number of anilines is 1. The van der Waals surface area contributed by atoms with Crippen molar-refractivity contribution in [3.05, 3.63) is 23.8 Å². The summed E-state index contributed by atoms with van der Waals surface area (Å²) < 4.78 is 10.6. The van der Waals surface area contributed by atoms with Gasteiger partial charge in [-0.25, -0.2) is 4.79 Å². The van der Waals surface area contributed by atoms with Crippen molar-refractivity contribution in [2.45, 2.75) is 20.3 Å². The van der Waals surface area contributed by atoms with Gasteiger partial charge in [-0.15, -0.1) is 0 Å². The predicted molar refractivity (Wildman–Crippen MR) is 79.9 cm³/mol. The first kappa shape index (κ1) is 15.7. The predicted octanol–water partition coefficient (Wildman–Crippen LogP) is 2.97. The summed E-state index contributed by atoms with van der Waals surface area (Å²) in [6.07, 6.45) is 0.940. The molecule has 2 N–H and O–H groups in total. The SMILES string of the molecule is CCOC(=O)c1ccc(N)cc1OCCCSCC. The van der Waals surface area contributed by atoms with Gasteiger partial charge in [0.2, 0.25) is 0 Å². The summed E-state index contributed by atoms with van der Waals surface area (Å²) in [5, 5.41) is 0. The first-order chi connectivity index (χ1) is 9.19. The Kier molecular flexibility index (Phi) is 7.18. The number of carbonyl (C=O) groups excluding carboxylic acids is 1. The van der Waals surface area contributed by atoms with Gasteiger partial charge in [0.05, 0.1) is 13.2 Å². The number of hydrogen-bond acceptors (Lipinski definition) is 5. The van der Waals surface area contributed by atoms with Crippen molar-refractivity contribution in [2.75, 3.05) is 30.5 Å². The van der Waals surface area contributed by atoms with Gasteiger partial charge in [0.15, 0.2) is 0 Å². The number of nitrogen functional groups attached to an aromatic ring is 1. The van der Waals surface area contributed by atoms with Crippen molar-refractivity contribution in [3.63, 3.8) is 0 Å². The largest absolute Gasteiger partial charge is 0.493 e. The number of ether oxygens (including phenoxy) is 2. The Morgan fingerprint density at radius 3 is 2.84 bits per heavy atom. The number of rotatable bonds is 8. The second-order valence-electron chi connectivity index (χ2n) is 3.88. The van der Waals surface area contributed by atoms with Gasteiger partial charge >= 0.3 is 5.97 Å². The third kappa shape index (κ3) is 5.42. The Labute approximate surface area is 118 Å². The molecule has 0 aromatic heterocycles. The number of nitrogens with two attached hydrogens (primary N) is 1. The fraction of sp³-hybridized carbons (Fsp3) is 0.500. The maximum atomic E-state index is 11.8. The van der Waals surface area contributed by atoms with Crippen LogP contribution in [0.3, 0.4) is 0 Å². The van der Waals surface area contributed by atoms with E-state index in [0.717, 1.165) is 17.9 Å². The topological polar surface area (TPSA) is 61.5 Å². The molecule has 0 bridgehead atoms. The Balaban J connectivity index is 2.63. The van der Waals surface area contributed by atoms with Gasteiger partial charge in [0, 0.05) is 11.8 Å². The summed E-state index contributed by atoms with van der Waals surface area (Å²) in [6, 6.07) is 4.98. The molecule has 0 spiro atoms. The van der Waals surface area contributed by atoms with E-state index in [2.05, 4.69) is 6.92 Å². The minimum absolute atomic E-state index is 0.343. The maximum Gasteiger partial charge on any atom is 0.341 e. The average Bonchev–Trinajstić information content (AvgIpc) is 2.39. The summed E-state index contributed by atoms with van der Waals surface area (Å²) in [5.41, 5.74) is 6.72. The van der Waals surface area contributed by atoms with E-state index in [1.807, 2.05) is 11.8 Å². The van der Waals surface area contributed by atoms with Crippen LogP contribution in [-0.2, 0) is 4.74 Å². The molecule has 0 radical (unpaired) electrons. The molecule has 0 aliphatic rings. The third-order valence-electron chi connectivity index (χ3n) is 2.40. The van der Waals surface area contributed by atoms with Gasteiger partial charge in [-0.05, 0) is 37.0 Å². The Morgan fingerprint density at radius 2 is 2.16 bits per heavy atom. The van der Waals surface area contributed by atoms with Gasteiger partial charge in [-0.1, -0.05) is 6.92 Å². The zero-order chi connectivity index (χ0) is 14.1. The highest BCUT2D eigenvalue weighted by atomic mass is 32.2. The van der Waals surface area contributed by atoms with Crippen LogP contribution in [0, 0.1) is 0 Å². The smallest absolute Gasteiger partial charge is 0.341 e. The quantitative estimate of drug-likeness (QED) is 0.451. The van der Waals surface area contributed by atoms with Crippen molar-refractivity contribution in [1.29, 1.82) is 0 Å². The highest BCUT2D eigenvalue weighted by Gasteiger charge is 2.13. The molecule has 0 fully saturated rings. The summed E-state index contributed by atoms with van der Waals surface area (Å²) >= 11 is 1.87. The van der Waals surface area contributed by atoms with Crippen LogP contribution in [0.15, 0.2) is 18.2 Å². The van der Waals surface area contributed by atoms with Gasteiger partial charge in [0.25, 0.3) is 0 Å². The first-order valence-corrected chi connectivity index (χ1v) is 7.61. The van der Waals surface area contributed by atoms with Crippen LogP contribution in [0.2, 0.25) is 0 Å². The molecule has 0 aliphatic heterocycles. The molecule has 19 heavy (non-hydrogen) atoms. The van der Waals surface area contributed by atoms with Crippen molar-refractivity contribution in [3.8, 4) is 5.75 Å².